The average molecular weight is 459 g/mol. The Morgan fingerprint density at radius 2 is 1.69 bits per heavy atom. The lowest BCUT2D eigenvalue weighted by Gasteiger charge is -2.14. The topological polar surface area (TPSA) is 68.8 Å². The summed E-state index contributed by atoms with van der Waals surface area (Å²) < 4.78 is 16.9. The van der Waals surface area contributed by atoms with Crippen LogP contribution < -0.4 is 24.8 Å². The number of hydrogen-bond acceptors (Lipinski definition) is 5. The molecule has 7 heteroatoms. The Hall–Kier alpha value is -2.80. The van der Waals surface area contributed by atoms with Crippen molar-refractivity contribution in [2.24, 2.45) is 0 Å². The molecular weight excluding hydrogens is 424 g/mol. The summed E-state index contributed by atoms with van der Waals surface area (Å²) >= 11 is 5.31. The third-order valence-electron chi connectivity index (χ3n) is 4.76. The molecular formula is C25H34N2O4S. The van der Waals surface area contributed by atoms with Crippen LogP contribution in [-0.4, -0.2) is 31.3 Å². The fourth-order valence-electron chi connectivity index (χ4n) is 3.04. The lowest BCUT2D eigenvalue weighted by molar-refractivity contribution is 0.0972. The number of amides is 1. The molecule has 0 atom stereocenters. The van der Waals surface area contributed by atoms with E-state index in [1.54, 1.807) is 19.2 Å². The van der Waals surface area contributed by atoms with E-state index < -0.39 is 0 Å². The van der Waals surface area contributed by atoms with Gasteiger partial charge in [-0.05, 0) is 54.9 Å². The van der Waals surface area contributed by atoms with Crippen LogP contribution in [0.15, 0.2) is 42.5 Å². The molecule has 0 saturated carbocycles. The second kappa shape index (κ2) is 14.3. The molecule has 0 unspecified atom stereocenters. The molecule has 6 nitrogen and oxygen atoms in total. The van der Waals surface area contributed by atoms with E-state index in [-0.39, 0.29) is 11.0 Å². The molecule has 0 aliphatic heterocycles. The number of benzene rings is 2. The van der Waals surface area contributed by atoms with Crippen molar-refractivity contribution in [3.63, 3.8) is 0 Å². The first-order valence-electron chi connectivity index (χ1n) is 11.2. The summed E-state index contributed by atoms with van der Waals surface area (Å²) in [6, 6.07) is 12.9. The van der Waals surface area contributed by atoms with E-state index in [4.69, 9.17) is 26.4 Å². The molecule has 0 radical (unpaired) electrons. The normalized spacial score (nSPS) is 10.3. The zero-order valence-electron chi connectivity index (χ0n) is 19.2. The Balaban J connectivity index is 1.89. The second-order valence-electron chi connectivity index (χ2n) is 7.38. The van der Waals surface area contributed by atoms with Crippen LogP contribution in [0.4, 0.5) is 0 Å². The Bertz CT molecular complexity index is 873. The summed E-state index contributed by atoms with van der Waals surface area (Å²) in [5.74, 6) is 1.64. The van der Waals surface area contributed by atoms with Crippen LogP contribution in [-0.2, 0) is 6.54 Å². The summed E-state index contributed by atoms with van der Waals surface area (Å²) in [5, 5.41) is 6.04. The number of carbonyl (C=O) groups excluding carboxylic acids is 1. The molecule has 0 bridgehead atoms. The van der Waals surface area contributed by atoms with Crippen molar-refractivity contribution in [3.8, 4) is 17.2 Å². The molecule has 174 valence electrons. The SMILES string of the molecule is CCCCCCOc1ccccc1C(=O)NC(=S)NCc1ccc(OCCC)c(OC)c1. The number of unbranched alkanes of at least 4 members (excludes halogenated alkanes) is 3. The highest BCUT2D eigenvalue weighted by Crippen LogP contribution is 2.28. The van der Waals surface area contributed by atoms with Crippen LogP contribution >= 0.6 is 12.2 Å². The molecule has 2 rings (SSSR count). The highest BCUT2D eigenvalue weighted by molar-refractivity contribution is 7.80. The minimum Gasteiger partial charge on any atom is -0.493 e. The van der Waals surface area contributed by atoms with E-state index in [9.17, 15) is 4.79 Å². The fraction of sp³-hybridized carbons (Fsp3) is 0.440. The number of ether oxygens (including phenoxy) is 3. The Kier molecular flexibility index (Phi) is 11.4. The molecule has 32 heavy (non-hydrogen) atoms. The standard InChI is InChI=1S/C25H34N2O4S/c1-4-6-7-10-16-31-21-12-9-8-11-20(21)24(28)27-25(32)26-18-19-13-14-22(30-15-5-2)23(17-19)29-3/h8-9,11-14,17H,4-7,10,15-16,18H2,1-3H3,(H2,26,27,28,32). The van der Waals surface area contributed by atoms with Crippen LogP contribution in [0.2, 0.25) is 0 Å². The molecule has 0 fully saturated rings. The molecule has 0 saturated heterocycles. The van der Waals surface area contributed by atoms with Crippen LogP contribution in [0.5, 0.6) is 17.2 Å². The minimum atomic E-state index is -0.299. The van der Waals surface area contributed by atoms with Crippen LogP contribution in [0, 0.1) is 0 Å². The Morgan fingerprint density at radius 1 is 0.906 bits per heavy atom. The van der Waals surface area contributed by atoms with Crippen molar-refractivity contribution in [3.05, 3.63) is 53.6 Å². The summed E-state index contributed by atoms with van der Waals surface area (Å²) in [4.78, 5) is 12.7. The number of methoxy groups -OCH3 is 1. The molecule has 0 heterocycles. The summed E-state index contributed by atoms with van der Waals surface area (Å²) in [6.07, 6.45) is 5.37. The van der Waals surface area contributed by atoms with Gasteiger partial charge in [-0.25, -0.2) is 0 Å². The number of hydrogen-bond donors (Lipinski definition) is 2. The van der Waals surface area contributed by atoms with Gasteiger partial charge in [-0.15, -0.1) is 0 Å². The predicted molar refractivity (Wildman–Crippen MR) is 132 cm³/mol. The summed E-state index contributed by atoms with van der Waals surface area (Å²) in [6.45, 7) is 5.89. The van der Waals surface area contributed by atoms with Crippen molar-refractivity contribution in [2.45, 2.75) is 52.5 Å². The zero-order valence-corrected chi connectivity index (χ0v) is 20.1. The largest absolute Gasteiger partial charge is 0.493 e. The van der Waals surface area contributed by atoms with Crippen LogP contribution in [0.1, 0.15) is 61.9 Å². The van der Waals surface area contributed by atoms with E-state index >= 15 is 0 Å². The zero-order chi connectivity index (χ0) is 23.2. The molecule has 0 spiro atoms. The monoisotopic (exact) mass is 458 g/mol. The van der Waals surface area contributed by atoms with E-state index in [0.29, 0.717) is 42.6 Å². The van der Waals surface area contributed by atoms with Crippen molar-refractivity contribution in [2.75, 3.05) is 20.3 Å². The molecule has 0 aromatic heterocycles. The molecule has 2 N–H and O–H groups in total. The molecule has 2 aromatic carbocycles. The molecule has 2 aromatic rings. The van der Waals surface area contributed by atoms with Crippen molar-refractivity contribution in [1.29, 1.82) is 0 Å². The van der Waals surface area contributed by atoms with E-state index in [0.717, 1.165) is 24.8 Å². The number of nitrogens with one attached hydrogen (secondary N) is 2. The van der Waals surface area contributed by atoms with Gasteiger partial charge < -0.3 is 19.5 Å². The van der Waals surface area contributed by atoms with Gasteiger partial charge in [-0.2, -0.15) is 0 Å². The van der Waals surface area contributed by atoms with Crippen molar-refractivity contribution in [1.82, 2.24) is 10.6 Å². The highest BCUT2D eigenvalue weighted by atomic mass is 32.1. The number of para-hydroxylation sites is 1. The number of thiocarbonyl (C=S) groups is 1. The first-order chi connectivity index (χ1) is 15.6. The second-order valence-corrected chi connectivity index (χ2v) is 7.78. The first-order valence-corrected chi connectivity index (χ1v) is 11.6. The van der Waals surface area contributed by atoms with Gasteiger partial charge in [-0.3, -0.25) is 10.1 Å². The smallest absolute Gasteiger partial charge is 0.261 e. The Labute approximate surface area is 196 Å². The lowest BCUT2D eigenvalue weighted by atomic mass is 10.2. The van der Waals surface area contributed by atoms with Gasteiger partial charge in [0.05, 0.1) is 25.9 Å². The fourth-order valence-corrected chi connectivity index (χ4v) is 3.21. The number of rotatable bonds is 13. The van der Waals surface area contributed by atoms with Crippen LogP contribution in [0.25, 0.3) is 0 Å². The highest BCUT2D eigenvalue weighted by Gasteiger charge is 2.14. The maximum Gasteiger partial charge on any atom is 0.261 e. The van der Waals surface area contributed by atoms with Crippen LogP contribution in [0.3, 0.4) is 0 Å². The quantitative estimate of drug-likeness (QED) is 0.316. The van der Waals surface area contributed by atoms with Gasteiger partial charge in [0.15, 0.2) is 16.6 Å². The van der Waals surface area contributed by atoms with Gasteiger partial charge in [0, 0.05) is 6.54 Å². The average Bonchev–Trinajstić information content (AvgIpc) is 2.81. The van der Waals surface area contributed by atoms with Crippen molar-refractivity contribution >= 4 is 23.2 Å². The molecule has 0 aliphatic carbocycles. The van der Waals surface area contributed by atoms with E-state index in [1.807, 2.05) is 30.3 Å². The third kappa shape index (κ3) is 8.38. The Morgan fingerprint density at radius 3 is 2.44 bits per heavy atom. The minimum absolute atomic E-state index is 0.248. The summed E-state index contributed by atoms with van der Waals surface area (Å²) in [5.41, 5.74) is 1.42. The van der Waals surface area contributed by atoms with Crippen molar-refractivity contribution < 1.29 is 19.0 Å². The van der Waals surface area contributed by atoms with Gasteiger partial charge in [0.1, 0.15) is 5.75 Å². The van der Waals surface area contributed by atoms with Gasteiger partial charge in [0.2, 0.25) is 0 Å². The first kappa shape index (κ1) is 25.5. The van der Waals surface area contributed by atoms with E-state index in [1.165, 1.54) is 12.8 Å². The third-order valence-corrected chi connectivity index (χ3v) is 5.00. The van der Waals surface area contributed by atoms with Gasteiger partial charge >= 0.3 is 0 Å². The number of carbonyl (C=O) groups is 1. The summed E-state index contributed by atoms with van der Waals surface area (Å²) in [7, 11) is 1.61. The molecule has 0 aliphatic rings. The lowest BCUT2D eigenvalue weighted by Crippen LogP contribution is -2.39. The van der Waals surface area contributed by atoms with Gasteiger partial charge in [0.25, 0.3) is 5.91 Å². The maximum atomic E-state index is 12.7. The van der Waals surface area contributed by atoms with E-state index in [2.05, 4.69) is 24.5 Å². The maximum absolute atomic E-state index is 12.7. The molecule has 1 amide bonds. The predicted octanol–water partition coefficient (Wildman–Crippen LogP) is 5.25. The van der Waals surface area contributed by atoms with Gasteiger partial charge in [-0.1, -0.05) is 51.3 Å².